The minimum Gasteiger partial charge on any atom is -0.493 e. The van der Waals surface area contributed by atoms with Gasteiger partial charge in [-0.2, -0.15) is 0 Å². The van der Waals surface area contributed by atoms with Gasteiger partial charge in [0.1, 0.15) is 0 Å². The summed E-state index contributed by atoms with van der Waals surface area (Å²) in [6.45, 7) is 0. The SMILES string of the molecule is COc1cc(C=CC(=O)c2ccc(Br)cc2)ccc1OC(=O)c1ccc([N+](=O)[O-])cc1. The Morgan fingerprint density at radius 3 is 2.19 bits per heavy atom. The lowest BCUT2D eigenvalue weighted by molar-refractivity contribution is -0.384. The van der Waals surface area contributed by atoms with Crippen LogP contribution in [-0.2, 0) is 0 Å². The number of benzene rings is 3. The second-order valence-corrected chi connectivity index (χ2v) is 7.22. The summed E-state index contributed by atoms with van der Waals surface area (Å²) in [4.78, 5) is 34.8. The Labute approximate surface area is 186 Å². The molecule has 3 rings (SSSR count). The normalized spacial score (nSPS) is 10.6. The van der Waals surface area contributed by atoms with Crippen LogP contribution in [-0.4, -0.2) is 23.8 Å². The topological polar surface area (TPSA) is 95.7 Å². The predicted octanol–water partition coefficient (Wildman–Crippen LogP) is 5.48. The third kappa shape index (κ3) is 5.64. The number of nitrogens with zero attached hydrogens (tertiary/aromatic N) is 1. The fourth-order valence-electron chi connectivity index (χ4n) is 2.63. The highest BCUT2D eigenvalue weighted by molar-refractivity contribution is 9.10. The van der Waals surface area contributed by atoms with Gasteiger partial charge in [0.25, 0.3) is 5.69 Å². The third-order valence-corrected chi connectivity index (χ3v) is 4.79. The second kappa shape index (κ2) is 9.82. The predicted molar refractivity (Wildman–Crippen MR) is 119 cm³/mol. The minimum atomic E-state index is -0.679. The Kier molecular flexibility index (Phi) is 6.94. The molecule has 0 aliphatic heterocycles. The molecule has 3 aromatic rings. The van der Waals surface area contributed by atoms with Gasteiger partial charge in [0.15, 0.2) is 17.3 Å². The van der Waals surface area contributed by atoms with Crippen LogP contribution in [0.4, 0.5) is 5.69 Å². The highest BCUT2D eigenvalue weighted by Crippen LogP contribution is 2.29. The number of hydrogen-bond acceptors (Lipinski definition) is 6. The average molecular weight is 482 g/mol. The van der Waals surface area contributed by atoms with E-state index in [-0.39, 0.29) is 22.8 Å². The smallest absolute Gasteiger partial charge is 0.343 e. The number of ketones is 1. The fraction of sp³-hybridized carbons (Fsp3) is 0.0435. The molecule has 156 valence electrons. The van der Waals surface area contributed by atoms with Crippen molar-refractivity contribution in [2.75, 3.05) is 7.11 Å². The van der Waals surface area contributed by atoms with Crippen LogP contribution in [0.1, 0.15) is 26.3 Å². The molecule has 31 heavy (non-hydrogen) atoms. The van der Waals surface area contributed by atoms with Gasteiger partial charge < -0.3 is 9.47 Å². The van der Waals surface area contributed by atoms with E-state index in [4.69, 9.17) is 9.47 Å². The molecule has 0 radical (unpaired) electrons. The van der Waals surface area contributed by atoms with E-state index in [0.717, 1.165) is 4.47 Å². The molecule has 0 atom stereocenters. The van der Waals surface area contributed by atoms with Gasteiger partial charge in [-0.05, 0) is 60.2 Å². The molecule has 0 amide bonds. The Morgan fingerprint density at radius 1 is 0.935 bits per heavy atom. The Bertz CT molecular complexity index is 1150. The van der Waals surface area contributed by atoms with E-state index in [1.807, 2.05) is 0 Å². The van der Waals surface area contributed by atoms with Gasteiger partial charge in [-0.1, -0.05) is 28.1 Å². The standard InChI is InChI=1S/C23H16BrNO6/c1-30-22-14-15(2-12-20(26)16-4-8-18(24)9-5-16)3-13-21(22)31-23(27)17-6-10-19(11-7-17)25(28)29/h2-14H,1H3. The molecule has 0 bridgehead atoms. The van der Waals surface area contributed by atoms with Crippen molar-refractivity contribution >= 4 is 39.4 Å². The van der Waals surface area contributed by atoms with Crippen LogP contribution in [0, 0.1) is 10.1 Å². The van der Waals surface area contributed by atoms with E-state index in [9.17, 15) is 19.7 Å². The molecule has 0 unspecified atom stereocenters. The van der Waals surface area contributed by atoms with Gasteiger partial charge in [-0.25, -0.2) is 4.79 Å². The van der Waals surface area contributed by atoms with Crippen LogP contribution in [0.15, 0.2) is 77.3 Å². The van der Waals surface area contributed by atoms with Crippen molar-refractivity contribution in [2.24, 2.45) is 0 Å². The number of nitro benzene ring substituents is 1. The van der Waals surface area contributed by atoms with E-state index < -0.39 is 10.9 Å². The van der Waals surface area contributed by atoms with Crippen LogP contribution >= 0.6 is 15.9 Å². The number of non-ortho nitro benzene ring substituents is 1. The van der Waals surface area contributed by atoms with Crippen LogP contribution in [0.25, 0.3) is 6.08 Å². The largest absolute Gasteiger partial charge is 0.493 e. The number of ether oxygens (including phenoxy) is 2. The maximum absolute atomic E-state index is 12.3. The molecule has 0 N–H and O–H groups in total. The number of nitro groups is 1. The summed E-state index contributed by atoms with van der Waals surface area (Å²) in [7, 11) is 1.43. The highest BCUT2D eigenvalue weighted by Gasteiger charge is 2.14. The number of halogens is 1. The molecule has 8 heteroatoms. The molecule has 3 aromatic carbocycles. The summed E-state index contributed by atoms with van der Waals surface area (Å²) < 4.78 is 11.5. The Balaban J connectivity index is 1.73. The maximum Gasteiger partial charge on any atom is 0.343 e. The number of methoxy groups -OCH3 is 1. The third-order valence-electron chi connectivity index (χ3n) is 4.26. The van der Waals surface area contributed by atoms with Crippen molar-refractivity contribution in [1.29, 1.82) is 0 Å². The molecule has 7 nitrogen and oxygen atoms in total. The first-order valence-corrected chi connectivity index (χ1v) is 9.79. The molecule has 0 aliphatic rings. The molecular weight excluding hydrogens is 466 g/mol. The van der Waals surface area contributed by atoms with Crippen molar-refractivity contribution in [3.8, 4) is 11.5 Å². The Morgan fingerprint density at radius 2 is 1.58 bits per heavy atom. The van der Waals surface area contributed by atoms with Gasteiger partial charge in [0.2, 0.25) is 0 Å². The first-order valence-electron chi connectivity index (χ1n) is 9.00. The zero-order valence-corrected chi connectivity index (χ0v) is 17.9. The lowest BCUT2D eigenvalue weighted by atomic mass is 10.1. The molecule has 0 fully saturated rings. The zero-order valence-electron chi connectivity index (χ0n) is 16.3. The van der Waals surface area contributed by atoms with E-state index >= 15 is 0 Å². The molecule has 0 aromatic heterocycles. The number of rotatable bonds is 7. The number of carbonyl (C=O) groups is 2. The average Bonchev–Trinajstić information content (AvgIpc) is 2.78. The van der Waals surface area contributed by atoms with Crippen LogP contribution in [0.5, 0.6) is 11.5 Å². The highest BCUT2D eigenvalue weighted by atomic mass is 79.9. The van der Waals surface area contributed by atoms with Gasteiger partial charge in [0, 0.05) is 22.2 Å². The zero-order chi connectivity index (χ0) is 22.4. The van der Waals surface area contributed by atoms with Crippen molar-refractivity contribution in [1.82, 2.24) is 0 Å². The monoisotopic (exact) mass is 481 g/mol. The van der Waals surface area contributed by atoms with Gasteiger partial charge in [-0.15, -0.1) is 0 Å². The summed E-state index contributed by atoms with van der Waals surface area (Å²) in [5, 5.41) is 10.7. The van der Waals surface area contributed by atoms with Crippen molar-refractivity contribution < 1.29 is 24.0 Å². The lowest BCUT2D eigenvalue weighted by Gasteiger charge is -2.10. The summed E-state index contributed by atoms with van der Waals surface area (Å²) in [5.41, 5.74) is 1.28. The molecular formula is C23H16BrNO6. The molecule has 0 saturated carbocycles. The number of hydrogen-bond donors (Lipinski definition) is 0. The molecule has 0 spiro atoms. The molecule has 0 aliphatic carbocycles. The van der Waals surface area contributed by atoms with Crippen LogP contribution < -0.4 is 9.47 Å². The van der Waals surface area contributed by atoms with Gasteiger partial charge in [-0.3, -0.25) is 14.9 Å². The van der Waals surface area contributed by atoms with Gasteiger partial charge in [0.05, 0.1) is 17.6 Å². The summed E-state index contributed by atoms with van der Waals surface area (Å²) in [6, 6.07) is 17.0. The van der Waals surface area contributed by atoms with E-state index in [0.29, 0.717) is 16.9 Å². The summed E-state index contributed by atoms with van der Waals surface area (Å²) >= 11 is 3.33. The van der Waals surface area contributed by atoms with E-state index in [1.54, 1.807) is 48.5 Å². The number of esters is 1. The summed E-state index contributed by atoms with van der Waals surface area (Å²) in [6.07, 6.45) is 3.08. The van der Waals surface area contributed by atoms with E-state index in [1.165, 1.54) is 37.5 Å². The number of carbonyl (C=O) groups excluding carboxylic acids is 2. The lowest BCUT2D eigenvalue weighted by Crippen LogP contribution is -2.09. The number of allylic oxidation sites excluding steroid dienone is 1. The first kappa shape index (κ1) is 21.9. The Hall–Kier alpha value is -3.78. The second-order valence-electron chi connectivity index (χ2n) is 6.31. The fourth-order valence-corrected chi connectivity index (χ4v) is 2.90. The van der Waals surface area contributed by atoms with Crippen molar-refractivity contribution in [2.45, 2.75) is 0 Å². The first-order chi connectivity index (χ1) is 14.9. The van der Waals surface area contributed by atoms with Gasteiger partial charge >= 0.3 is 5.97 Å². The van der Waals surface area contributed by atoms with Crippen LogP contribution in [0.2, 0.25) is 0 Å². The van der Waals surface area contributed by atoms with Crippen molar-refractivity contribution in [3.63, 3.8) is 0 Å². The van der Waals surface area contributed by atoms with Crippen LogP contribution in [0.3, 0.4) is 0 Å². The van der Waals surface area contributed by atoms with E-state index in [2.05, 4.69) is 15.9 Å². The summed E-state index contributed by atoms with van der Waals surface area (Å²) in [5.74, 6) is -0.349. The minimum absolute atomic E-state index is 0.122. The molecule has 0 heterocycles. The molecule has 0 saturated heterocycles. The maximum atomic E-state index is 12.3. The quantitative estimate of drug-likeness (QED) is 0.111. The van der Waals surface area contributed by atoms with Crippen molar-refractivity contribution in [3.05, 3.63) is 104 Å².